The van der Waals surface area contributed by atoms with Crippen LogP contribution in [0, 0.1) is 0 Å². The van der Waals surface area contributed by atoms with E-state index in [4.69, 9.17) is 10.5 Å². The maximum atomic E-state index is 11.9. The molecule has 0 radical (unpaired) electrons. The number of nitrogens with zero attached hydrogens (tertiary/aromatic N) is 1. The van der Waals surface area contributed by atoms with Gasteiger partial charge in [-0.2, -0.15) is 0 Å². The minimum Gasteiger partial charge on any atom is -0.495 e. The van der Waals surface area contributed by atoms with E-state index >= 15 is 0 Å². The van der Waals surface area contributed by atoms with Crippen molar-refractivity contribution >= 4 is 11.6 Å². The number of ether oxygens (including phenoxy) is 1. The summed E-state index contributed by atoms with van der Waals surface area (Å²) in [6.07, 6.45) is 1.45. The number of nitrogen functional groups attached to an aromatic ring is 1. The normalized spacial score (nSPS) is 10.1. The highest BCUT2D eigenvalue weighted by Crippen LogP contribution is 2.24. The number of rotatable bonds is 4. The molecule has 6 heteroatoms. The van der Waals surface area contributed by atoms with Crippen LogP contribution in [0.5, 0.6) is 5.75 Å². The van der Waals surface area contributed by atoms with Crippen LogP contribution in [0.1, 0.15) is 16.1 Å². The molecule has 0 spiro atoms. The second-order valence-corrected chi connectivity index (χ2v) is 3.59. The Labute approximate surface area is 104 Å². The first-order valence-electron chi connectivity index (χ1n) is 5.32. The van der Waals surface area contributed by atoms with Gasteiger partial charge in [0.2, 0.25) is 0 Å². The van der Waals surface area contributed by atoms with Gasteiger partial charge in [0, 0.05) is 6.07 Å². The second-order valence-electron chi connectivity index (χ2n) is 3.59. The molecule has 0 aliphatic heterocycles. The van der Waals surface area contributed by atoms with E-state index in [0.29, 0.717) is 22.7 Å². The molecule has 0 bridgehead atoms. The van der Waals surface area contributed by atoms with Crippen molar-refractivity contribution in [3.05, 3.63) is 41.8 Å². The van der Waals surface area contributed by atoms with Crippen molar-refractivity contribution in [3.63, 3.8) is 0 Å². The largest absolute Gasteiger partial charge is 0.495 e. The summed E-state index contributed by atoms with van der Waals surface area (Å²) in [6, 6.07) is 6.72. The minimum absolute atomic E-state index is 0.283. The Balaban J connectivity index is 2.09. The Morgan fingerprint density at radius 1 is 1.50 bits per heavy atom. The van der Waals surface area contributed by atoms with Crippen LogP contribution in [0.4, 0.5) is 5.69 Å². The van der Waals surface area contributed by atoms with Crippen molar-refractivity contribution in [2.75, 3.05) is 12.8 Å². The van der Waals surface area contributed by atoms with Crippen LogP contribution in [0.2, 0.25) is 0 Å². The number of hydrogen-bond donors (Lipinski definition) is 2. The molecular formula is C12H13N3O3. The molecule has 1 heterocycles. The molecule has 1 aromatic heterocycles. The maximum Gasteiger partial charge on any atom is 0.253 e. The van der Waals surface area contributed by atoms with Crippen LogP contribution >= 0.6 is 0 Å². The van der Waals surface area contributed by atoms with Crippen LogP contribution in [-0.2, 0) is 6.54 Å². The minimum atomic E-state index is -0.283. The van der Waals surface area contributed by atoms with Gasteiger partial charge in [-0.25, -0.2) is 0 Å². The second kappa shape index (κ2) is 5.22. The molecule has 0 unspecified atom stereocenters. The summed E-state index contributed by atoms with van der Waals surface area (Å²) >= 11 is 0. The van der Waals surface area contributed by atoms with E-state index in [1.807, 2.05) is 0 Å². The predicted molar refractivity (Wildman–Crippen MR) is 65.1 cm³/mol. The van der Waals surface area contributed by atoms with Gasteiger partial charge in [0.05, 0.1) is 24.9 Å². The Morgan fingerprint density at radius 3 is 3.00 bits per heavy atom. The van der Waals surface area contributed by atoms with Crippen molar-refractivity contribution in [1.82, 2.24) is 10.5 Å². The molecule has 0 fully saturated rings. The molecule has 94 valence electrons. The number of carbonyl (C=O) groups is 1. The Bertz CT molecular complexity index is 538. The van der Waals surface area contributed by atoms with Crippen molar-refractivity contribution in [1.29, 1.82) is 0 Å². The Morgan fingerprint density at radius 2 is 2.33 bits per heavy atom. The van der Waals surface area contributed by atoms with Gasteiger partial charge in [0.1, 0.15) is 17.7 Å². The number of nitrogens with two attached hydrogens (primary N) is 1. The van der Waals surface area contributed by atoms with Gasteiger partial charge in [-0.1, -0.05) is 11.2 Å². The van der Waals surface area contributed by atoms with E-state index in [2.05, 4.69) is 15.0 Å². The number of aromatic nitrogens is 1. The third-order valence-corrected chi connectivity index (χ3v) is 2.45. The summed E-state index contributed by atoms with van der Waals surface area (Å²) in [6.45, 7) is 0.284. The predicted octanol–water partition coefficient (Wildman–Crippen LogP) is 1.20. The third-order valence-electron chi connectivity index (χ3n) is 2.45. The number of hydrogen-bond acceptors (Lipinski definition) is 5. The molecule has 3 N–H and O–H groups in total. The highest BCUT2D eigenvalue weighted by molar-refractivity contribution is 6.00. The zero-order valence-corrected chi connectivity index (χ0v) is 9.84. The molecule has 0 atom stereocenters. The molecule has 0 saturated heterocycles. The summed E-state index contributed by atoms with van der Waals surface area (Å²) in [5.74, 6) is 0.193. The first kappa shape index (κ1) is 12.0. The molecule has 1 aromatic carbocycles. The Kier molecular flexibility index (Phi) is 3.47. The SMILES string of the molecule is COc1cccc(C(=O)NCc2ccon2)c1N. The standard InChI is InChI=1S/C12H13N3O3/c1-17-10-4-2-3-9(11(10)13)12(16)14-7-8-5-6-18-15-8/h2-6H,7,13H2,1H3,(H,14,16). The van der Waals surface area contributed by atoms with E-state index in [1.54, 1.807) is 24.3 Å². The van der Waals surface area contributed by atoms with Gasteiger partial charge in [-0.3, -0.25) is 4.79 Å². The van der Waals surface area contributed by atoms with Gasteiger partial charge in [-0.15, -0.1) is 0 Å². The average Bonchev–Trinajstić information content (AvgIpc) is 2.89. The zero-order chi connectivity index (χ0) is 13.0. The summed E-state index contributed by atoms with van der Waals surface area (Å²) in [5.41, 5.74) is 7.16. The molecule has 6 nitrogen and oxygen atoms in total. The number of methoxy groups -OCH3 is 1. The third kappa shape index (κ3) is 2.42. The Hall–Kier alpha value is -2.50. The smallest absolute Gasteiger partial charge is 0.253 e. The summed E-state index contributed by atoms with van der Waals surface area (Å²) in [7, 11) is 1.50. The topological polar surface area (TPSA) is 90.4 Å². The van der Waals surface area contributed by atoms with E-state index in [-0.39, 0.29) is 12.5 Å². The lowest BCUT2D eigenvalue weighted by molar-refractivity contribution is 0.0950. The van der Waals surface area contributed by atoms with Crippen LogP contribution in [0.15, 0.2) is 35.1 Å². The molecule has 0 aliphatic carbocycles. The molecular weight excluding hydrogens is 234 g/mol. The fraction of sp³-hybridized carbons (Fsp3) is 0.167. The number of nitrogens with one attached hydrogen (secondary N) is 1. The highest BCUT2D eigenvalue weighted by atomic mass is 16.5. The number of amides is 1. The number of benzene rings is 1. The molecule has 2 rings (SSSR count). The van der Waals surface area contributed by atoms with E-state index < -0.39 is 0 Å². The van der Waals surface area contributed by atoms with Gasteiger partial charge < -0.3 is 20.3 Å². The lowest BCUT2D eigenvalue weighted by atomic mass is 10.1. The van der Waals surface area contributed by atoms with Crippen molar-refractivity contribution < 1.29 is 14.1 Å². The molecule has 18 heavy (non-hydrogen) atoms. The first-order chi connectivity index (χ1) is 8.72. The summed E-state index contributed by atoms with van der Waals surface area (Å²) in [4.78, 5) is 11.9. The van der Waals surface area contributed by atoms with Crippen LogP contribution in [0.3, 0.4) is 0 Å². The van der Waals surface area contributed by atoms with Gasteiger partial charge in [-0.05, 0) is 12.1 Å². The fourth-order valence-electron chi connectivity index (χ4n) is 1.51. The maximum absolute atomic E-state index is 11.9. The molecule has 2 aromatic rings. The van der Waals surface area contributed by atoms with Crippen LogP contribution < -0.4 is 15.8 Å². The quantitative estimate of drug-likeness (QED) is 0.792. The highest BCUT2D eigenvalue weighted by Gasteiger charge is 2.12. The fourth-order valence-corrected chi connectivity index (χ4v) is 1.51. The lowest BCUT2D eigenvalue weighted by Crippen LogP contribution is -2.24. The average molecular weight is 247 g/mol. The summed E-state index contributed by atoms with van der Waals surface area (Å²) < 4.78 is 9.72. The first-order valence-corrected chi connectivity index (χ1v) is 5.32. The monoisotopic (exact) mass is 247 g/mol. The molecule has 1 amide bonds. The number of carbonyl (C=O) groups excluding carboxylic acids is 1. The van der Waals surface area contributed by atoms with E-state index in [0.717, 1.165) is 0 Å². The molecule has 0 aliphatic rings. The van der Waals surface area contributed by atoms with Crippen molar-refractivity contribution in [2.24, 2.45) is 0 Å². The van der Waals surface area contributed by atoms with Gasteiger partial charge in [0.15, 0.2) is 0 Å². The van der Waals surface area contributed by atoms with E-state index in [9.17, 15) is 4.79 Å². The molecule has 0 saturated carbocycles. The number of anilines is 1. The number of para-hydroxylation sites is 1. The van der Waals surface area contributed by atoms with Gasteiger partial charge in [0.25, 0.3) is 5.91 Å². The van der Waals surface area contributed by atoms with Crippen molar-refractivity contribution in [3.8, 4) is 5.75 Å². The van der Waals surface area contributed by atoms with Crippen LogP contribution in [0.25, 0.3) is 0 Å². The lowest BCUT2D eigenvalue weighted by Gasteiger charge is -2.09. The van der Waals surface area contributed by atoms with Crippen molar-refractivity contribution in [2.45, 2.75) is 6.54 Å². The van der Waals surface area contributed by atoms with E-state index in [1.165, 1.54) is 13.4 Å². The van der Waals surface area contributed by atoms with Crippen LogP contribution in [-0.4, -0.2) is 18.2 Å². The summed E-state index contributed by atoms with van der Waals surface area (Å²) in [5, 5.41) is 6.39. The zero-order valence-electron chi connectivity index (χ0n) is 9.84. The van der Waals surface area contributed by atoms with Gasteiger partial charge >= 0.3 is 0 Å².